The molecular formula is C20H18F6N6O2. The number of carbonyl (C=O) groups excluding carboxylic acids is 1. The van der Waals surface area contributed by atoms with Gasteiger partial charge < -0.3 is 20.2 Å². The summed E-state index contributed by atoms with van der Waals surface area (Å²) in [6, 6.07) is 6.48. The SMILES string of the molecule is [C-]#[N+]c1c(C(F)(F)F)c(OCC(F)(F)F)c2nc(C(C)CNC(=O)Nc3ccccc3C)[nH]n12. The number of halogens is 6. The summed E-state index contributed by atoms with van der Waals surface area (Å²) >= 11 is 0. The van der Waals surface area contributed by atoms with Crippen LogP contribution in [0.1, 0.15) is 29.8 Å². The molecular weight excluding hydrogens is 470 g/mol. The van der Waals surface area contributed by atoms with Crippen LogP contribution in [0.15, 0.2) is 24.3 Å². The zero-order chi connectivity index (χ0) is 25.3. The van der Waals surface area contributed by atoms with Gasteiger partial charge in [0, 0.05) is 18.2 Å². The summed E-state index contributed by atoms with van der Waals surface area (Å²) in [6.45, 7) is 8.46. The Morgan fingerprint density at radius 3 is 2.53 bits per heavy atom. The lowest BCUT2D eigenvalue weighted by atomic mass is 10.1. The molecule has 2 heterocycles. The second-order valence-electron chi connectivity index (χ2n) is 7.36. The summed E-state index contributed by atoms with van der Waals surface area (Å²) in [5.74, 6) is -2.79. The van der Waals surface area contributed by atoms with Crippen LogP contribution in [0.2, 0.25) is 0 Å². The van der Waals surface area contributed by atoms with Crippen molar-refractivity contribution >= 4 is 23.2 Å². The van der Waals surface area contributed by atoms with E-state index in [1.54, 1.807) is 38.1 Å². The van der Waals surface area contributed by atoms with E-state index < -0.39 is 53.7 Å². The van der Waals surface area contributed by atoms with E-state index in [1.807, 2.05) is 0 Å². The monoisotopic (exact) mass is 488 g/mol. The highest BCUT2D eigenvalue weighted by atomic mass is 19.4. The van der Waals surface area contributed by atoms with Crippen molar-refractivity contribution in [3.05, 3.63) is 52.6 Å². The van der Waals surface area contributed by atoms with Gasteiger partial charge in [0.25, 0.3) is 11.5 Å². The maximum atomic E-state index is 13.5. The molecule has 2 amide bonds. The van der Waals surface area contributed by atoms with Crippen molar-refractivity contribution in [3.8, 4) is 5.75 Å². The van der Waals surface area contributed by atoms with Gasteiger partial charge in [0.1, 0.15) is 11.4 Å². The van der Waals surface area contributed by atoms with E-state index >= 15 is 0 Å². The molecule has 2 aromatic heterocycles. The number of alkyl halides is 6. The lowest BCUT2D eigenvalue weighted by molar-refractivity contribution is -0.158. The fourth-order valence-corrected chi connectivity index (χ4v) is 3.08. The number of fused-ring (bicyclic) bond motifs is 1. The van der Waals surface area contributed by atoms with Crippen LogP contribution in [-0.4, -0.2) is 40.0 Å². The molecule has 0 aliphatic heterocycles. The summed E-state index contributed by atoms with van der Waals surface area (Å²) in [5.41, 5.74) is -0.868. The number of ether oxygens (including phenoxy) is 1. The molecule has 3 N–H and O–H groups in total. The minimum atomic E-state index is -5.16. The maximum absolute atomic E-state index is 13.5. The number of amides is 2. The molecule has 3 rings (SSSR count). The van der Waals surface area contributed by atoms with Crippen LogP contribution in [0.4, 0.5) is 42.6 Å². The molecule has 1 unspecified atom stereocenters. The number of nitrogens with zero attached hydrogens (tertiary/aromatic N) is 3. The van der Waals surface area contributed by atoms with E-state index in [9.17, 15) is 31.1 Å². The first-order valence-corrected chi connectivity index (χ1v) is 9.70. The second-order valence-corrected chi connectivity index (χ2v) is 7.36. The number of nitrogens with one attached hydrogen (secondary N) is 3. The van der Waals surface area contributed by atoms with E-state index in [4.69, 9.17) is 6.57 Å². The Morgan fingerprint density at radius 1 is 1.26 bits per heavy atom. The van der Waals surface area contributed by atoms with Gasteiger partial charge in [-0.05, 0) is 18.6 Å². The van der Waals surface area contributed by atoms with Gasteiger partial charge in [-0.1, -0.05) is 31.7 Å². The molecule has 0 aliphatic rings. The predicted molar refractivity (Wildman–Crippen MR) is 109 cm³/mol. The lowest BCUT2D eigenvalue weighted by Crippen LogP contribution is -2.32. The van der Waals surface area contributed by atoms with E-state index in [1.165, 1.54) is 0 Å². The first-order valence-electron chi connectivity index (χ1n) is 9.70. The molecule has 1 atom stereocenters. The fraction of sp³-hybridized carbons (Fsp3) is 0.350. The molecule has 3 aromatic rings. The van der Waals surface area contributed by atoms with Gasteiger partial charge in [0.2, 0.25) is 0 Å². The predicted octanol–water partition coefficient (Wildman–Crippen LogP) is 5.41. The van der Waals surface area contributed by atoms with Crippen molar-refractivity contribution in [2.75, 3.05) is 18.5 Å². The molecule has 0 radical (unpaired) electrons. The van der Waals surface area contributed by atoms with E-state index in [0.29, 0.717) is 10.2 Å². The largest absolute Gasteiger partial charge is 0.478 e. The van der Waals surface area contributed by atoms with E-state index in [-0.39, 0.29) is 12.4 Å². The smallest absolute Gasteiger partial charge is 0.422 e. The van der Waals surface area contributed by atoms with Crippen LogP contribution in [-0.2, 0) is 6.18 Å². The number of urea groups is 1. The van der Waals surface area contributed by atoms with Crippen LogP contribution in [0.3, 0.4) is 0 Å². The van der Waals surface area contributed by atoms with Crippen LogP contribution < -0.4 is 15.4 Å². The third kappa shape index (κ3) is 5.36. The normalized spacial score (nSPS) is 12.9. The standard InChI is InChI=1S/C20H18F6N6O2/c1-10-6-4-5-7-12(10)29-18(33)28-8-11(2)15-30-17-14(34-9-19(21,22)23)13(20(24,25)26)16(27-3)32(17)31-15/h4-7,11H,8-9H2,1-2H3,(H,30,31)(H2,28,29,33). The minimum absolute atomic E-state index is 0.0212. The molecule has 182 valence electrons. The Balaban J connectivity index is 1.84. The number of aromatic nitrogens is 3. The Kier molecular flexibility index (Phi) is 6.67. The number of anilines is 1. The Hall–Kier alpha value is -3.89. The van der Waals surface area contributed by atoms with Crippen LogP contribution in [0.5, 0.6) is 5.75 Å². The Morgan fingerprint density at radius 2 is 1.94 bits per heavy atom. The number of para-hydroxylation sites is 1. The summed E-state index contributed by atoms with van der Waals surface area (Å²) < 4.78 is 83.3. The summed E-state index contributed by atoms with van der Waals surface area (Å²) in [4.78, 5) is 18.9. The topological polar surface area (TPSA) is 87.8 Å². The van der Waals surface area contributed by atoms with Crippen LogP contribution in [0.25, 0.3) is 10.5 Å². The molecule has 1 aromatic carbocycles. The Bertz CT molecular complexity index is 1240. The van der Waals surface area contributed by atoms with Crippen LogP contribution in [0, 0.1) is 13.5 Å². The van der Waals surface area contributed by atoms with Crippen molar-refractivity contribution in [2.24, 2.45) is 0 Å². The summed E-state index contributed by atoms with van der Waals surface area (Å²) in [6.07, 6.45) is -10.1. The van der Waals surface area contributed by atoms with Gasteiger partial charge in [-0.15, -0.1) is 0 Å². The number of H-pyrrole nitrogens is 1. The quantitative estimate of drug-likeness (QED) is 0.321. The van der Waals surface area contributed by atoms with Crippen molar-refractivity contribution in [1.82, 2.24) is 19.9 Å². The maximum Gasteiger partial charge on any atom is 0.422 e. The van der Waals surface area contributed by atoms with Gasteiger partial charge in [-0.25, -0.2) is 9.89 Å². The Labute approximate surface area is 188 Å². The van der Waals surface area contributed by atoms with E-state index in [2.05, 4.69) is 30.3 Å². The van der Waals surface area contributed by atoms with Gasteiger partial charge in [0.05, 0.1) is 0 Å². The summed E-state index contributed by atoms with van der Waals surface area (Å²) in [5, 5.41) is 7.71. The van der Waals surface area contributed by atoms with Crippen molar-refractivity contribution in [2.45, 2.75) is 32.1 Å². The van der Waals surface area contributed by atoms with Gasteiger partial charge >= 0.3 is 18.4 Å². The van der Waals surface area contributed by atoms with E-state index in [0.717, 1.165) is 5.56 Å². The molecule has 8 nitrogen and oxygen atoms in total. The molecule has 14 heteroatoms. The van der Waals surface area contributed by atoms with Crippen molar-refractivity contribution < 1.29 is 35.9 Å². The molecule has 0 saturated heterocycles. The highest BCUT2D eigenvalue weighted by Crippen LogP contribution is 2.46. The van der Waals surface area contributed by atoms with Gasteiger partial charge in [0.15, 0.2) is 12.4 Å². The molecule has 0 bridgehead atoms. The zero-order valence-electron chi connectivity index (χ0n) is 17.7. The molecule has 34 heavy (non-hydrogen) atoms. The second kappa shape index (κ2) is 9.16. The molecule has 0 aliphatic carbocycles. The highest BCUT2D eigenvalue weighted by Gasteiger charge is 2.44. The number of benzene rings is 1. The number of aromatic amines is 1. The van der Waals surface area contributed by atoms with Gasteiger partial charge in [-0.2, -0.15) is 35.8 Å². The number of hydrogen-bond acceptors (Lipinski definition) is 3. The first-order chi connectivity index (χ1) is 15.8. The number of rotatable bonds is 6. The summed E-state index contributed by atoms with van der Waals surface area (Å²) in [7, 11) is 0. The number of carbonyl (C=O) groups is 1. The highest BCUT2D eigenvalue weighted by molar-refractivity contribution is 5.90. The fourth-order valence-electron chi connectivity index (χ4n) is 3.08. The lowest BCUT2D eigenvalue weighted by Gasteiger charge is -2.13. The first kappa shape index (κ1) is 24.7. The third-order valence-corrected chi connectivity index (χ3v) is 4.73. The van der Waals surface area contributed by atoms with Crippen molar-refractivity contribution in [1.29, 1.82) is 0 Å². The number of aryl methyl sites for hydroxylation is 1. The average Bonchev–Trinajstić information content (AvgIpc) is 3.28. The zero-order valence-corrected chi connectivity index (χ0v) is 17.7. The van der Waals surface area contributed by atoms with Gasteiger partial charge in [-0.3, -0.25) is 0 Å². The minimum Gasteiger partial charge on any atom is -0.478 e. The molecule has 0 saturated carbocycles. The number of hydrogen-bond donors (Lipinski definition) is 3. The third-order valence-electron chi connectivity index (χ3n) is 4.73. The molecule has 0 fully saturated rings. The van der Waals surface area contributed by atoms with Crippen molar-refractivity contribution in [3.63, 3.8) is 0 Å². The average molecular weight is 488 g/mol. The van der Waals surface area contributed by atoms with Crippen LogP contribution >= 0.6 is 0 Å². The molecule has 0 spiro atoms.